The highest BCUT2D eigenvalue weighted by Crippen LogP contribution is 2.44. The molecule has 1 heterocycles. The normalized spacial score (nSPS) is 12.9. The summed E-state index contributed by atoms with van der Waals surface area (Å²) in [4.78, 5) is 36.0. The second kappa shape index (κ2) is 11.0. The van der Waals surface area contributed by atoms with Gasteiger partial charge in [0.15, 0.2) is 6.04 Å². The molecule has 1 aromatic heterocycles. The summed E-state index contributed by atoms with van der Waals surface area (Å²) in [5, 5.41) is 16.1. The fraction of sp³-hybridized carbons (Fsp3) is 0.240. The summed E-state index contributed by atoms with van der Waals surface area (Å²) in [6.45, 7) is 0.121. The number of hydrogen-bond donors (Lipinski definition) is 3. The van der Waals surface area contributed by atoms with Crippen molar-refractivity contribution < 1.29 is 29.0 Å². The average Bonchev–Trinajstić information content (AvgIpc) is 3.47. The Morgan fingerprint density at radius 2 is 1.65 bits per heavy atom. The number of carbonyl (C=O) groups is 3. The number of aliphatic carboxylic acids is 1. The lowest BCUT2D eigenvalue weighted by atomic mass is 9.98. The van der Waals surface area contributed by atoms with Crippen LogP contribution in [0.3, 0.4) is 0 Å². The number of nitrogens with one attached hydrogen (secondary N) is 2. The van der Waals surface area contributed by atoms with Crippen molar-refractivity contribution in [1.82, 2.24) is 10.6 Å². The Kier molecular flexibility index (Phi) is 7.56. The molecule has 0 aliphatic heterocycles. The molecule has 0 saturated carbocycles. The van der Waals surface area contributed by atoms with Crippen LogP contribution in [0.4, 0.5) is 4.79 Å². The van der Waals surface area contributed by atoms with Gasteiger partial charge in [0.1, 0.15) is 13.2 Å². The van der Waals surface area contributed by atoms with Crippen LogP contribution in [0, 0.1) is 0 Å². The molecule has 4 rings (SSSR count). The largest absolute Gasteiger partial charge is 0.479 e. The first kappa shape index (κ1) is 23.5. The second-order valence-corrected chi connectivity index (χ2v) is 8.64. The molecule has 0 radical (unpaired) electrons. The number of rotatable bonds is 10. The topological polar surface area (TPSA) is 114 Å². The molecule has 0 fully saturated rings. The van der Waals surface area contributed by atoms with Crippen molar-refractivity contribution in [2.75, 3.05) is 26.4 Å². The van der Waals surface area contributed by atoms with Crippen molar-refractivity contribution in [3.63, 3.8) is 0 Å². The predicted octanol–water partition coefficient (Wildman–Crippen LogP) is 3.55. The van der Waals surface area contributed by atoms with E-state index in [4.69, 9.17) is 9.47 Å². The van der Waals surface area contributed by atoms with E-state index in [0.717, 1.165) is 22.3 Å². The van der Waals surface area contributed by atoms with E-state index in [1.807, 2.05) is 36.4 Å². The van der Waals surface area contributed by atoms with Crippen molar-refractivity contribution in [2.24, 2.45) is 0 Å². The lowest BCUT2D eigenvalue weighted by Crippen LogP contribution is -2.36. The third kappa shape index (κ3) is 5.44. The Morgan fingerprint density at radius 3 is 2.26 bits per heavy atom. The summed E-state index contributed by atoms with van der Waals surface area (Å²) < 4.78 is 10.7. The van der Waals surface area contributed by atoms with Gasteiger partial charge < -0.3 is 25.2 Å². The zero-order chi connectivity index (χ0) is 23.9. The molecule has 2 amide bonds. The van der Waals surface area contributed by atoms with Gasteiger partial charge in [0.05, 0.1) is 6.61 Å². The van der Waals surface area contributed by atoms with Crippen molar-refractivity contribution in [3.05, 3.63) is 82.0 Å². The number of carboxylic acid groups (broad SMARTS) is 1. The standard InChI is InChI=1S/C25H24N2O6S/c28-22(27-23(24(29)30)21-10-5-13-34-21)15-32-12-11-26-25(31)33-14-20-18-8-3-1-6-16(18)17-7-2-4-9-19(17)20/h1-10,13,20,23H,11-12,14-15H2,(H,26,31)(H,27,28)(H,29,30). The summed E-state index contributed by atoms with van der Waals surface area (Å²) in [7, 11) is 0. The first-order valence-electron chi connectivity index (χ1n) is 10.8. The molecule has 1 aliphatic carbocycles. The van der Waals surface area contributed by atoms with E-state index < -0.39 is 24.0 Å². The van der Waals surface area contributed by atoms with Gasteiger partial charge in [-0.3, -0.25) is 4.79 Å². The lowest BCUT2D eigenvalue weighted by molar-refractivity contribution is -0.142. The highest BCUT2D eigenvalue weighted by molar-refractivity contribution is 7.10. The van der Waals surface area contributed by atoms with Gasteiger partial charge in [-0.1, -0.05) is 54.6 Å². The maximum Gasteiger partial charge on any atom is 0.407 e. The molecule has 0 saturated heterocycles. The van der Waals surface area contributed by atoms with E-state index in [9.17, 15) is 19.5 Å². The monoisotopic (exact) mass is 480 g/mol. The van der Waals surface area contributed by atoms with Gasteiger partial charge in [-0.2, -0.15) is 0 Å². The number of amides is 2. The molecular weight excluding hydrogens is 456 g/mol. The SMILES string of the molecule is O=C(COCCNC(=O)OCC1c2ccccc2-c2ccccc21)NC(C(=O)O)c1cccs1. The highest BCUT2D eigenvalue weighted by Gasteiger charge is 2.29. The highest BCUT2D eigenvalue weighted by atomic mass is 32.1. The third-order valence-electron chi connectivity index (χ3n) is 5.47. The van der Waals surface area contributed by atoms with Gasteiger partial charge in [-0.25, -0.2) is 9.59 Å². The molecule has 3 aromatic rings. The predicted molar refractivity (Wildman–Crippen MR) is 127 cm³/mol. The van der Waals surface area contributed by atoms with Crippen molar-refractivity contribution in [2.45, 2.75) is 12.0 Å². The molecule has 176 valence electrons. The van der Waals surface area contributed by atoms with Gasteiger partial charge in [0.2, 0.25) is 5.91 Å². The Balaban J connectivity index is 1.17. The van der Waals surface area contributed by atoms with Crippen molar-refractivity contribution >= 4 is 29.3 Å². The molecule has 1 atom stereocenters. The van der Waals surface area contributed by atoms with Crippen LogP contribution in [0.1, 0.15) is 28.0 Å². The van der Waals surface area contributed by atoms with Crippen molar-refractivity contribution in [3.8, 4) is 11.1 Å². The number of alkyl carbamates (subject to hydrolysis) is 1. The molecule has 8 nitrogen and oxygen atoms in total. The maximum atomic E-state index is 12.1. The number of ether oxygens (including phenoxy) is 2. The molecule has 0 bridgehead atoms. The Morgan fingerprint density at radius 1 is 0.971 bits per heavy atom. The average molecular weight is 481 g/mol. The second-order valence-electron chi connectivity index (χ2n) is 7.66. The minimum atomic E-state index is -1.15. The van der Waals surface area contributed by atoms with E-state index in [2.05, 4.69) is 22.8 Å². The van der Waals surface area contributed by atoms with Crippen LogP contribution < -0.4 is 10.6 Å². The number of benzene rings is 2. The number of fused-ring (bicyclic) bond motifs is 3. The van der Waals surface area contributed by atoms with E-state index >= 15 is 0 Å². The fourth-order valence-electron chi connectivity index (χ4n) is 3.95. The van der Waals surface area contributed by atoms with Gasteiger partial charge in [0.25, 0.3) is 0 Å². The van der Waals surface area contributed by atoms with Crippen molar-refractivity contribution in [1.29, 1.82) is 0 Å². The summed E-state index contributed by atoms with van der Waals surface area (Å²) in [5.74, 6) is -1.72. The van der Waals surface area contributed by atoms with E-state index in [1.54, 1.807) is 17.5 Å². The maximum absolute atomic E-state index is 12.1. The van der Waals surface area contributed by atoms with Crippen LogP contribution in [0.2, 0.25) is 0 Å². The van der Waals surface area contributed by atoms with Crippen LogP contribution in [-0.4, -0.2) is 49.4 Å². The minimum Gasteiger partial charge on any atom is -0.479 e. The fourth-order valence-corrected chi connectivity index (χ4v) is 4.72. The smallest absolute Gasteiger partial charge is 0.407 e. The first-order valence-corrected chi connectivity index (χ1v) is 11.6. The Labute approximate surface area is 200 Å². The van der Waals surface area contributed by atoms with E-state index in [1.165, 1.54) is 11.3 Å². The summed E-state index contributed by atoms with van der Waals surface area (Å²) in [6, 6.07) is 18.4. The van der Waals surface area contributed by atoms with Crippen LogP contribution in [0.15, 0.2) is 66.0 Å². The number of carbonyl (C=O) groups excluding carboxylic acids is 2. The zero-order valence-electron chi connectivity index (χ0n) is 18.2. The van der Waals surface area contributed by atoms with Crippen LogP contribution in [0.25, 0.3) is 11.1 Å². The molecule has 0 spiro atoms. The van der Waals surface area contributed by atoms with Gasteiger partial charge >= 0.3 is 12.1 Å². The first-order chi connectivity index (χ1) is 16.5. The third-order valence-corrected chi connectivity index (χ3v) is 6.41. The molecule has 9 heteroatoms. The van der Waals surface area contributed by atoms with Gasteiger partial charge in [-0.05, 0) is 33.7 Å². The summed E-state index contributed by atoms with van der Waals surface area (Å²) in [6.07, 6.45) is -0.571. The van der Waals surface area contributed by atoms with Gasteiger partial charge in [-0.15, -0.1) is 11.3 Å². The van der Waals surface area contributed by atoms with Crippen LogP contribution in [0.5, 0.6) is 0 Å². The molecule has 34 heavy (non-hydrogen) atoms. The van der Waals surface area contributed by atoms with Crippen LogP contribution >= 0.6 is 11.3 Å². The summed E-state index contributed by atoms with van der Waals surface area (Å²) in [5.41, 5.74) is 4.58. The Hall–Kier alpha value is -3.69. The molecule has 2 aromatic carbocycles. The molecule has 1 aliphatic rings. The zero-order valence-corrected chi connectivity index (χ0v) is 19.0. The Bertz CT molecular complexity index is 1120. The van der Waals surface area contributed by atoms with E-state index in [-0.39, 0.29) is 32.3 Å². The quantitative estimate of drug-likeness (QED) is 0.383. The number of thiophene rings is 1. The number of carboxylic acids is 1. The minimum absolute atomic E-state index is 0.0244. The molecule has 1 unspecified atom stereocenters. The lowest BCUT2D eigenvalue weighted by Gasteiger charge is -2.15. The van der Waals surface area contributed by atoms with Crippen LogP contribution in [-0.2, 0) is 19.1 Å². The molecular formula is C25H24N2O6S. The number of hydrogen-bond acceptors (Lipinski definition) is 6. The summed E-state index contributed by atoms with van der Waals surface area (Å²) >= 11 is 1.24. The van der Waals surface area contributed by atoms with E-state index in [0.29, 0.717) is 4.88 Å². The molecule has 3 N–H and O–H groups in total. The van der Waals surface area contributed by atoms with Gasteiger partial charge in [0, 0.05) is 17.3 Å².